The van der Waals surface area contributed by atoms with Gasteiger partial charge in [0.05, 0.1) is 0 Å². The third-order valence-corrected chi connectivity index (χ3v) is 3.18. The average molecular weight is 332 g/mol. The molecule has 0 fully saturated rings. The van der Waals surface area contributed by atoms with Gasteiger partial charge in [0, 0.05) is 18.1 Å². The lowest BCUT2D eigenvalue weighted by molar-refractivity contribution is 0.0284. The van der Waals surface area contributed by atoms with Crippen molar-refractivity contribution in [1.82, 2.24) is 4.90 Å². The van der Waals surface area contributed by atoms with E-state index in [1.807, 2.05) is 0 Å². The molecule has 1 aromatic carbocycles. The Labute approximate surface area is 121 Å². The summed E-state index contributed by atoms with van der Waals surface area (Å²) in [5.41, 5.74) is 0.730. The van der Waals surface area contributed by atoms with Gasteiger partial charge in [-0.05, 0) is 51.0 Å². The van der Waals surface area contributed by atoms with Gasteiger partial charge in [-0.15, -0.1) is 0 Å². The van der Waals surface area contributed by atoms with Crippen LogP contribution in [0.2, 0.25) is 0 Å². The van der Waals surface area contributed by atoms with Crippen molar-refractivity contribution >= 4 is 22.0 Å². The number of hydrogen-bond acceptors (Lipinski definition) is 2. The first-order valence-corrected chi connectivity index (χ1v) is 6.78. The first kappa shape index (κ1) is 16.0. The number of halogens is 2. The van der Waals surface area contributed by atoms with Crippen molar-refractivity contribution in [2.75, 3.05) is 7.05 Å². The molecular weight excluding hydrogens is 313 g/mol. The fourth-order valence-corrected chi connectivity index (χ4v) is 2.05. The van der Waals surface area contributed by atoms with Crippen LogP contribution in [0.4, 0.5) is 9.18 Å². The zero-order chi connectivity index (χ0) is 14.8. The average Bonchev–Trinajstić information content (AvgIpc) is 2.23. The summed E-state index contributed by atoms with van der Waals surface area (Å²) in [7, 11) is 1.62. The van der Waals surface area contributed by atoms with Gasteiger partial charge < -0.3 is 9.64 Å². The summed E-state index contributed by atoms with van der Waals surface area (Å²) in [6.07, 6.45) is -0.430. The second-order valence-electron chi connectivity index (χ2n) is 5.53. The van der Waals surface area contributed by atoms with Gasteiger partial charge in [-0.2, -0.15) is 0 Å². The Bertz CT molecular complexity index is 483. The molecule has 0 radical (unpaired) electrons. The number of amides is 1. The highest BCUT2D eigenvalue weighted by Crippen LogP contribution is 2.22. The SMILES string of the molecule is Cc1cc(Br)c(CN(C)C(=O)OC(C)(C)C)cc1F. The number of carbonyl (C=O) groups excluding carboxylic acids is 1. The summed E-state index contributed by atoms with van der Waals surface area (Å²) in [4.78, 5) is 13.2. The lowest BCUT2D eigenvalue weighted by atomic mass is 10.1. The third kappa shape index (κ3) is 4.82. The topological polar surface area (TPSA) is 29.5 Å². The van der Waals surface area contributed by atoms with E-state index in [1.165, 1.54) is 11.0 Å². The molecule has 0 aromatic heterocycles. The third-order valence-electron chi connectivity index (χ3n) is 2.44. The van der Waals surface area contributed by atoms with Crippen LogP contribution < -0.4 is 0 Å². The molecule has 0 aliphatic carbocycles. The number of benzene rings is 1. The van der Waals surface area contributed by atoms with E-state index in [9.17, 15) is 9.18 Å². The van der Waals surface area contributed by atoms with Gasteiger partial charge in [0.15, 0.2) is 0 Å². The quantitative estimate of drug-likeness (QED) is 0.810. The van der Waals surface area contributed by atoms with Crippen LogP contribution in [0.3, 0.4) is 0 Å². The molecule has 0 N–H and O–H groups in total. The van der Waals surface area contributed by atoms with E-state index in [0.717, 1.165) is 4.47 Å². The number of nitrogens with zero attached hydrogens (tertiary/aromatic N) is 1. The molecule has 1 amide bonds. The Balaban J connectivity index is 2.80. The second kappa shape index (κ2) is 5.90. The Kier molecular flexibility index (Phi) is 4.96. The lowest BCUT2D eigenvalue weighted by Crippen LogP contribution is -2.33. The summed E-state index contributed by atoms with van der Waals surface area (Å²) in [5.74, 6) is -0.282. The Hall–Kier alpha value is -1.10. The highest BCUT2D eigenvalue weighted by atomic mass is 79.9. The first-order chi connectivity index (χ1) is 8.60. The van der Waals surface area contributed by atoms with Crippen LogP contribution in [0.15, 0.2) is 16.6 Å². The molecule has 0 heterocycles. The fourth-order valence-electron chi connectivity index (χ4n) is 1.47. The van der Waals surface area contributed by atoms with Gasteiger partial charge in [0.1, 0.15) is 11.4 Å². The molecule has 0 aliphatic rings. The molecule has 0 saturated carbocycles. The summed E-state index contributed by atoms with van der Waals surface area (Å²) < 4.78 is 19.5. The monoisotopic (exact) mass is 331 g/mol. The molecule has 0 saturated heterocycles. The van der Waals surface area contributed by atoms with E-state index in [4.69, 9.17) is 4.74 Å². The highest BCUT2D eigenvalue weighted by Gasteiger charge is 2.20. The molecule has 0 unspecified atom stereocenters. The van der Waals surface area contributed by atoms with Gasteiger partial charge in [-0.3, -0.25) is 0 Å². The Morgan fingerprint density at radius 2 is 2.00 bits per heavy atom. The van der Waals surface area contributed by atoms with Crippen LogP contribution in [0.1, 0.15) is 31.9 Å². The number of carbonyl (C=O) groups is 1. The maximum Gasteiger partial charge on any atom is 0.410 e. The molecule has 0 atom stereocenters. The largest absolute Gasteiger partial charge is 0.444 e. The molecule has 0 bridgehead atoms. The lowest BCUT2D eigenvalue weighted by Gasteiger charge is -2.25. The zero-order valence-corrected chi connectivity index (χ0v) is 13.5. The van der Waals surface area contributed by atoms with Crippen LogP contribution in [-0.4, -0.2) is 23.6 Å². The van der Waals surface area contributed by atoms with E-state index in [1.54, 1.807) is 40.8 Å². The Morgan fingerprint density at radius 3 is 2.53 bits per heavy atom. The summed E-state index contributed by atoms with van der Waals surface area (Å²) in [5, 5.41) is 0. The summed E-state index contributed by atoms with van der Waals surface area (Å²) >= 11 is 3.37. The van der Waals surface area contributed by atoms with Gasteiger partial charge >= 0.3 is 6.09 Å². The van der Waals surface area contributed by atoms with Crippen molar-refractivity contribution in [3.63, 3.8) is 0 Å². The minimum Gasteiger partial charge on any atom is -0.444 e. The molecule has 1 rings (SSSR count). The van der Waals surface area contributed by atoms with Gasteiger partial charge in [-0.25, -0.2) is 9.18 Å². The summed E-state index contributed by atoms with van der Waals surface area (Å²) in [6.45, 7) is 7.40. The molecule has 0 spiro atoms. The van der Waals surface area contributed by atoms with Crippen LogP contribution in [0.25, 0.3) is 0 Å². The van der Waals surface area contributed by atoms with E-state index >= 15 is 0 Å². The standard InChI is InChI=1S/C14H19BrFNO2/c1-9-6-11(15)10(7-12(9)16)8-17(5)13(18)19-14(2,3)4/h6-7H,8H2,1-5H3. The minimum atomic E-state index is -0.541. The first-order valence-electron chi connectivity index (χ1n) is 5.99. The van der Waals surface area contributed by atoms with Crippen molar-refractivity contribution in [2.45, 2.75) is 39.8 Å². The molecule has 0 aliphatic heterocycles. The van der Waals surface area contributed by atoms with E-state index < -0.39 is 11.7 Å². The van der Waals surface area contributed by atoms with E-state index in [0.29, 0.717) is 11.1 Å². The molecular formula is C14H19BrFNO2. The predicted molar refractivity (Wildman–Crippen MR) is 76.5 cm³/mol. The Morgan fingerprint density at radius 1 is 1.42 bits per heavy atom. The molecule has 106 valence electrons. The van der Waals surface area contributed by atoms with E-state index in [2.05, 4.69) is 15.9 Å². The molecule has 19 heavy (non-hydrogen) atoms. The second-order valence-corrected chi connectivity index (χ2v) is 6.38. The number of ether oxygens (including phenoxy) is 1. The maximum atomic E-state index is 13.5. The minimum absolute atomic E-state index is 0.282. The number of aryl methyl sites for hydroxylation is 1. The molecule has 3 nitrogen and oxygen atoms in total. The van der Waals surface area contributed by atoms with Crippen LogP contribution in [0, 0.1) is 12.7 Å². The van der Waals surface area contributed by atoms with Crippen LogP contribution in [-0.2, 0) is 11.3 Å². The van der Waals surface area contributed by atoms with Crippen molar-refractivity contribution in [1.29, 1.82) is 0 Å². The van der Waals surface area contributed by atoms with Gasteiger partial charge in [-0.1, -0.05) is 15.9 Å². The smallest absolute Gasteiger partial charge is 0.410 e. The van der Waals surface area contributed by atoms with Gasteiger partial charge in [0.2, 0.25) is 0 Å². The number of rotatable bonds is 2. The highest BCUT2D eigenvalue weighted by molar-refractivity contribution is 9.10. The van der Waals surface area contributed by atoms with Crippen molar-refractivity contribution in [3.8, 4) is 0 Å². The van der Waals surface area contributed by atoms with Crippen LogP contribution >= 0.6 is 15.9 Å². The predicted octanol–water partition coefficient (Wildman–Crippen LogP) is 4.26. The molecule has 1 aromatic rings. The maximum absolute atomic E-state index is 13.5. The normalized spacial score (nSPS) is 11.3. The van der Waals surface area contributed by atoms with Crippen LogP contribution in [0.5, 0.6) is 0 Å². The van der Waals surface area contributed by atoms with Crippen molar-refractivity contribution < 1.29 is 13.9 Å². The molecule has 5 heteroatoms. The fraction of sp³-hybridized carbons (Fsp3) is 0.500. The van der Waals surface area contributed by atoms with E-state index in [-0.39, 0.29) is 12.4 Å². The zero-order valence-electron chi connectivity index (χ0n) is 11.9. The summed E-state index contributed by atoms with van der Waals surface area (Å²) in [6, 6.07) is 3.13. The van der Waals surface area contributed by atoms with Gasteiger partial charge in [0.25, 0.3) is 0 Å². The van der Waals surface area contributed by atoms with Crippen molar-refractivity contribution in [3.05, 3.63) is 33.5 Å². The number of hydrogen-bond donors (Lipinski definition) is 0. The van der Waals surface area contributed by atoms with Crippen molar-refractivity contribution in [2.24, 2.45) is 0 Å².